The van der Waals surface area contributed by atoms with Crippen LogP contribution in [0.4, 0.5) is 0 Å². The summed E-state index contributed by atoms with van der Waals surface area (Å²) in [4.78, 5) is 11.4. The van der Waals surface area contributed by atoms with Crippen molar-refractivity contribution < 1.29 is 14.6 Å². The Morgan fingerprint density at radius 2 is 2.35 bits per heavy atom. The lowest BCUT2D eigenvalue weighted by molar-refractivity contribution is -0.147. The van der Waals surface area contributed by atoms with E-state index in [0.717, 1.165) is 0 Å². The van der Waals surface area contributed by atoms with Crippen molar-refractivity contribution in [3.05, 3.63) is 11.9 Å². The molecule has 1 heterocycles. The molecule has 0 spiro atoms. The maximum absolute atomic E-state index is 11.4. The maximum atomic E-state index is 11.4. The molecule has 0 atom stereocenters. The van der Waals surface area contributed by atoms with Crippen LogP contribution in [0.1, 0.15) is 19.5 Å². The Morgan fingerprint density at radius 1 is 1.65 bits per heavy atom. The molecule has 0 fully saturated rings. The monoisotopic (exact) mass is 242 g/mol. The fourth-order valence-electron chi connectivity index (χ4n) is 1.27. The Kier molecular flexibility index (Phi) is 4.59. The molecule has 0 saturated heterocycles. The van der Waals surface area contributed by atoms with Crippen LogP contribution in [0.2, 0.25) is 0 Å². The Balaban J connectivity index is 2.51. The number of nitrogens with zero attached hydrogens (tertiary/aromatic N) is 3. The molecule has 7 heteroatoms. The first-order chi connectivity index (χ1) is 7.99. The van der Waals surface area contributed by atoms with Crippen LogP contribution in [0.25, 0.3) is 0 Å². The predicted octanol–water partition coefficient (Wildman–Crippen LogP) is -0.688. The summed E-state index contributed by atoms with van der Waals surface area (Å²) in [6, 6.07) is 0. The van der Waals surface area contributed by atoms with Gasteiger partial charge in [0.1, 0.15) is 5.54 Å². The van der Waals surface area contributed by atoms with Crippen LogP contribution in [0, 0.1) is 0 Å². The Labute approximate surface area is 99.8 Å². The van der Waals surface area contributed by atoms with Gasteiger partial charge in [-0.1, -0.05) is 5.21 Å². The molecule has 0 unspecified atom stereocenters. The number of hydrogen-bond donors (Lipinski definition) is 2. The van der Waals surface area contributed by atoms with E-state index in [1.54, 1.807) is 24.7 Å². The fraction of sp³-hybridized carbons (Fsp3) is 0.700. The molecule has 0 aromatic carbocycles. The second-order valence-electron chi connectivity index (χ2n) is 4.17. The first-order valence-corrected chi connectivity index (χ1v) is 5.33. The van der Waals surface area contributed by atoms with Gasteiger partial charge in [-0.15, -0.1) is 5.10 Å². The van der Waals surface area contributed by atoms with Crippen molar-refractivity contribution >= 4 is 5.97 Å². The van der Waals surface area contributed by atoms with E-state index in [-0.39, 0.29) is 12.6 Å². The third-order valence-electron chi connectivity index (χ3n) is 2.32. The fourth-order valence-corrected chi connectivity index (χ4v) is 1.27. The molecule has 1 rings (SSSR count). The van der Waals surface area contributed by atoms with E-state index in [1.807, 2.05) is 0 Å². The third-order valence-corrected chi connectivity index (χ3v) is 2.32. The molecular weight excluding hydrogens is 224 g/mol. The summed E-state index contributed by atoms with van der Waals surface area (Å²) >= 11 is 0. The van der Waals surface area contributed by atoms with Gasteiger partial charge in [0.2, 0.25) is 0 Å². The minimum atomic E-state index is -0.768. The zero-order valence-electron chi connectivity index (χ0n) is 10.3. The molecule has 7 nitrogen and oxygen atoms in total. The van der Waals surface area contributed by atoms with Crippen molar-refractivity contribution in [1.82, 2.24) is 20.3 Å². The lowest BCUT2D eigenvalue weighted by Crippen LogP contribution is -2.47. The van der Waals surface area contributed by atoms with Gasteiger partial charge in [-0.2, -0.15) is 0 Å². The topological polar surface area (TPSA) is 89.3 Å². The van der Waals surface area contributed by atoms with Gasteiger partial charge in [-0.25, -0.2) is 4.68 Å². The number of aliphatic hydroxyl groups is 1. The summed E-state index contributed by atoms with van der Waals surface area (Å²) in [6.45, 7) is 4.30. The predicted molar refractivity (Wildman–Crippen MR) is 60.0 cm³/mol. The average Bonchev–Trinajstić information content (AvgIpc) is 2.74. The highest BCUT2D eigenvalue weighted by Crippen LogP contribution is 2.06. The van der Waals surface area contributed by atoms with E-state index in [0.29, 0.717) is 18.8 Å². The van der Waals surface area contributed by atoms with Crippen LogP contribution < -0.4 is 5.32 Å². The van der Waals surface area contributed by atoms with Crippen LogP contribution in [0.5, 0.6) is 0 Å². The summed E-state index contributed by atoms with van der Waals surface area (Å²) in [5.41, 5.74) is -0.0642. The molecule has 2 N–H and O–H groups in total. The van der Waals surface area contributed by atoms with Gasteiger partial charge in [0.25, 0.3) is 0 Å². The molecule has 0 bridgehead atoms. The summed E-state index contributed by atoms with van der Waals surface area (Å²) < 4.78 is 6.22. The number of methoxy groups -OCH3 is 1. The zero-order chi connectivity index (χ0) is 12.9. The average molecular weight is 242 g/mol. The number of nitrogens with one attached hydrogen (secondary N) is 1. The van der Waals surface area contributed by atoms with Gasteiger partial charge in [0.15, 0.2) is 0 Å². The van der Waals surface area contributed by atoms with E-state index in [1.165, 1.54) is 7.11 Å². The number of rotatable bonds is 6. The van der Waals surface area contributed by atoms with Crippen molar-refractivity contribution in [2.24, 2.45) is 0 Å². The largest absolute Gasteiger partial charge is 0.468 e. The highest BCUT2D eigenvalue weighted by atomic mass is 16.5. The van der Waals surface area contributed by atoms with E-state index in [4.69, 9.17) is 5.11 Å². The van der Waals surface area contributed by atoms with Gasteiger partial charge in [-0.05, 0) is 13.8 Å². The molecular formula is C10H18N4O3. The SMILES string of the molecule is COC(=O)C(C)(C)NCc1cn(CCO)nn1. The summed E-state index contributed by atoms with van der Waals surface area (Å²) in [5, 5.41) is 19.5. The summed E-state index contributed by atoms with van der Waals surface area (Å²) in [5.74, 6) is -0.333. The highest BCUT2D eigenvalue weighted by molar-refractivity contribution is 5.79. The smallest absolute Gasteiger partial charge is 0.325 e. The molecule has 0 aliphatic rings. The molecule has 0 saturated carbocycles. The maximum Gasteiger partial charge on any atom is 0.325 e. The van der Waals surface area contributed by atoms with Crippen LogP contribution in [0.15, 0.2) is 6.20 Å². The second kappa shape index (κ2) is 5.74. The summed E-state index contributed by atoms with van der Waals surface area (Å²) in [6.07, 6.45) is 1.72. The van der Waals surface area contributed by atoms with Crippen LogP contribution in [-0.2, 0) is 22.6 Å². The van der Waals surface area contributed by atoms with E-state index in [9.17, 15) is 4.79 Å². The lowest BCUT2D eigenvalue weighted by atomic mass is 10.1. The number of carbonyl (C=O) groups excluding carboxylic acids is 1. The normalized spacial score (nSPS) is 11.5. The van der Waals surface area contributed by atoms with Crippen LogP contribution in [-0.4, -0.2) is 45.3 Å². The van der Waals surface area contributed by atoms with Gasteiger partial charge >= 0.3 is 5.97 Å². The first kappa shape index (κ1) is 13.6. The molecule has 0 aliphatic heterocycles. The number of aliphatic hydroxyl groups excluding tert-OH is 1. The van der Waals surface area contributed by atoms with Crippen molar-refractivity contribution in [2.75, 3.05) is 13.7 Å². The number of ether oxygens (including phenoxy) is 1. The second-order valence-corrected chi connectivity index (χ2v) is 4.17. The standard InChI is InChI=1S/C10H18N4O3/c1-10(2,9(16)17-3)11-6-8-7-14(4-5-15)13-12-8/h7,11,15H,4-6H2,1-3H3. The van der Waals surface area contributed by atoms with Crippen molar-refractivity contribution in [3.8, 4) is 0 Å². The van der Waals surface area contributed by atoms with Gasteiger partial charge < -0.3 is 9.84 Å². The van der Waals surface area contributed by atoms with E-state index in [2.05, 4.69) is 20.4 Å². The molecule has 1 aromatic rings. The van der Waals surface area contributed by atoms with Crippen LogP contribution in [0.3, 0.4) is 0 Å². The Hall–Kier alpha value is -1.47. The first-order valence-electron chi connectivity index (χ1n) is 5.33. The third kappa shape index (κ3) is 3.79. The lowest BCUT2D eigenvalue weighted by Gasteiger charge is -2.22. The van der Waals surface area contributed by atoms with E-state index >= 15 is 0 Å². The van der Waals surface area contributed by atoms with Crippen molar-refractivity contribution in [3.63, 3.8) is 0 Å². The minimum Gasteiger partial charge on any atom is -0.468 e. The minimum absolute atomic E-state index is 0.0177. The van der Waals surface area contributed by atoms with Crippen molar-refractivity contribution in [1.29, 1.82) is 0 Å². The van der Waals surface area contributed by atoms with Crippen molar-refractivity contribution in [2.45, 2.75) is 32.5 Å². The quantitative estimate of drug-likeness (QED) is 0.642. The number of hydrogen-bond acceptors (Lipinski definition) is 6. The number of carbonyl (C=O) groups is 1. The number of esters is 1. The summed E-state index contributed by atoms with van der Waals surface area (Å²) in [7, 11) is 1.35. The van der Waals surface area contributed by atoms with Gasteiger partial charge in [0.05, 0.1) is 26.0 Å². The van der Waals surface area contributed by atoms with Crippen LogP contribution >= 0.6 is 0 Å². The number of aromatic nitrogens is 3. The zero-order valence-corrected chi connectivity index (χ0v) is 10.3. The van der Waals surface area contributed by atoms with Gasteiger partial charge in [-0.3, -0.25) is 10.1 Å². The molecule has 0 radical (unpaired) electrons. The molecule has 96 valence electrons. The Morgan fingerprint density at radius 3 is 2.94 bits per heavy atom. The molecule has 1 aromatic heterocycles. The van der Waals surface area contributed by atoms with E-state index < -0.39 is 5.54 Å². The van der Waals surface area contributed by atoms with Gasteiger partial charge in [0, 0.05) is 12.7 Å². The molecule has 0 aliphatic carbocycles. The Bertz CT molecular complexity index is 375. The molecule has 17 heavy (non-hydrogen) atoms. The molecule has 0 amide bonds. The highest BCUT2D eigenvalue weighted by Gasteiger charge is 2.27.